The molecule has 10 heteroatoms. The summed E-state index contributed by atoms with van der Waals surface area (Å²) in [5.41, 5.74) is 3.60. The maximum Gasteiger partial charge on any atom is 0.514 e. The molecule has 2 amide bonds. The number of thiophene rings is 1. The largest absolute Gasteiger partial charge is 0.514 e. The molecule has 0 bridgehead atoms. The van der Waals surface area contributed by atoms with E-state index in [1.807, 2.05) is 12.1 Å². The summed E-state index contributed by atoms with van der Waals surface area (Å²) in [5.74, 6) is -0.281. The summed E-state index contributed by atoms with van der Waals surface area (Å²) in [6.07, 6.45) is 0.539. The van der Waals surface area contributed by atoms with Gasteiger partial charge in [0.05, 0.1) is 18.4 Å². The lowest BCUT2D eigenvalue weighted by atomic mass is 10.2. The van der Waals surface area contributed by atoms with Gasteiger partial charge in [-0.05, 0) is 76.5 Å². The molecule has 1 N–H and O–H groups in total. The molecule has 152 valence electrons. The number of methoxy groups -OCH3 is 1. The van der Waals surface area contributed by atoms with Crippen LogP contribution in [0.5, 0.6) is 5.06 Å². The zero-order chi connectivity index (χ0) is 21.3. The Hall–Kier alpha value is -3.12. The molecule has 1 aliphatic rings. The number of ether oxygens (including phenoxy) is 2. The summed E-state index contributed by atoms with van der Waals surface area (Å²) in [6, 6.07) is 12.2. The molecule has 0 unspecified atom stereocenters. The average molecular weight is 536 g/mol. The van der Waals surface area contributed by atoms with Crippen LogP contribution in [-0.4, -0.2) is 25.1 Å². The molecule has 1 aromatic carbocycles. The lowest BCUT2D eigenvalue weighted by molar-refractivity contribution is -0.117. The maximum absolute atomic E-state index is 12.7. The van der Waals surface area contributed by atoms with Crippen molar-refractivity contribution < 1.29 is 28.3 Å². The van der Waals surface area contributed by atoms with E-state index in [4.69, 9.17) is 9.15 Å². The lowest BCUT2D eigenvalue weighted by Gasteiger charge is -2.14. The first kappa shape index (κ1) is 20.2. The van der Waals surface area contributed by atoms with Crippen molar-refractivity contribution in [3.8, 4) is 16.4 Å². The van der Waals surface area contributed by atoms with Crippen molar-refractivity contribution in [1.29, 1.82) is 0 Å². The number of nitrogens with one attached hydrogen (secondary N) is 1. The van der Waals surface area contributed by atoms with Gasteiger partial charge in [-0.1, -0.05) is 0 Å². The number of anilines is 1. The van der Waals surface area contributed by atoms with Crippen molar-refractivity contribution in [1.82, 2.24) is 5.43 Å². The normalized spacial score (nSPS) is 14.9. The smallest absolute Gasteiger partial charge is 0.457 e. The summed E-state index contributed by atoms with van der Waals surface area (Å²) >= 11 is 3.36. The molecule has 0 spiro atoms. The topological polar surface area (TPSA) is 98.1 Å². The molecule has 2 aromatic heterocycles. The minimum atomic E-state index is -0.837. The summed E-state index contributed by atoms with van der Waals surface area (Å²) in [4.78, 5) is 36.4. The molecule has 1 aliphatic heterocycles. The molecule has 0 aliphatic carbocycles. The summed E-state index contributed by atoms with van der Waals surface area (Å²) in [7, 11) is 1.22. The monoisotopic (exact) mass is 536 g/mol. The minimum absolute atomic E-state index is 0.0502. The number of nitrogens with zero attached hydrogens (tertiary/aromatic N) is 1. The predicted molar refractivity (Wildman–Crippen MR) is 118 cm³/mol. The van der Waals surface area contributed by atoms with Crippen LogP contribution in [0.4, 0.5) is 10.5 Å². The van der Waals surface area contributed by atoms with Gasteiger partial charge in [-0.25, -0.2) is 9.80 Å². The van der Waals surface area contributed by atoms with Gasteiger partial charge in [0.15, 0.2) is 5.06 Å². The third kappa shape index (κ3) is 3.96. The van der Waals surface area contributed by atoms with Gasteiger partial charge in [-0.2, -0.15) is 0 Å². The van der Waals surface area contributed by atoms with Gasteiger partial charge in [0.2, 0.25) is 0 Å². The van der Waals surface area contributed by atoms with E-state index in [2.05, 4.69) is 32.8 Å². The minimum Gasteiger partial charge on any atom is -0.457 e. The van der Waals surface area contributed by atoms with E-state index in [0.717, 1.165) is 3.57 Å². The standard InChI is InChI=1S/C20H13IN2O6S/c1-27-20(26)29-19-14(8-9-30-19)16-7-6-13(28-16)10-15-17(24)22-23(18(15)25)12-4-2-11(21)3-5-12/h2-10H,1H3,(H,22,24). The van der Waals surface area contributed by atoms with Crippen LogP contribution in [0.1, 0.15) is 5.76 Å². The van der Waals surface area contributed by atoms with E-state index in [0.29, 0.717) is 27.8 Å². The highest BCUT2D eigenvalue weighted by Gasteiger charge is 2.34. The van der Waals surface area contributed by atoms with Crippen LogP contribution in [0.2, 0.25) is 0 Å². The Kier molecular flexibility index (Phi) is 5.59. The van der Waals surface area contributed by atoms with Crippen molar-refractivity contribution >= 4 is 63.7 Å². The zero-order valence-corrected chi connectivity index (χ0v) is 18.4. The second-order valence-corrected chi connectivity index (χ2v) is 8.12. The SMILES string of the molecule is COC(=O)Oc1sccc1-c1ccc(C=C2C(=O)NN(c3ccc(I)cc3)C2=O)o1. The molecule has 1 saturated heterocycles. The molecule has 4 rings (SSSR count). The van der Waals surface area contributed by atoms with Gasteiger partial charge in [0, 0.05) is 3.57 Å². The van der Waals surface area contributed by atoms with Gasteiger partial charge < -0.3 is 13.9 Å². The number of halogens is 1. The molecule has 8 nitrogen and oxygen atoms in total. The number of carbonyl (C=O) groups excluding carboxylic acids is 3. The first-order valence-electron chi connectivity index (χ1n) is 8.52. The first-order valence-corrected chi connectivity index (χ1v) is 10.5. The average Bonchev–Trinajstić information content (AvgIpc) is 3.44. The fraction of sp³-hybridized carbons (Fsp3) is 0.0500. The molecule has 0 atom stereocenters. The first-order chi connectivity index (χ1) is 14.5. The number of hydrogen-bond acceptors (Lipinski definition) is 7. The number of hydrazine groups is 1. The Bertz CT molecular complexity index is 1160. The molecule has 1 fully saturated rings. The molecule has 0 radical (unpaired) electrons. The summed E-state index contributed by atoms with van der Waals surface area (Å²) in [5, 5.41) is 3.24. The fourth-order valence-corrected chi connectivity index (χ4v) is 3.82. The Morgan fingerprint density at radius 3 is 2.67 bits per heavy atom. The Labute approximate surface area is 188 Å². The molecule has 3 aromatic rings. The Balaban J connectivity index is 1.58. The molecule has 30 heavy (non-hydrogen) atoms. The van der Waals surface area contributed by atoms with Crippen molar-refractivity contribution in [3.63, 3.8) is 0 Å². The second kappa shape index (κ2) is 8.32. The number of rotatable bonds is 4. The van der Waals surface area contributed by atoms with Gasteiger partial charge in [-0.15, -0.1) is 11.3 Å². The Morgan fingerprint density at radius 1 is 1.17 bits per heavy atom. The van der Waals surface area contributed by atoms with Crippen LogP contribution in [0.15, 0.2) is 57.8 Å². The van der Waals surface area contributed by atoms with Crippen LogP contribution in [0, 0.1) is 3.57 Å². The number of carbonyl (C=O) groups is 3. The molecule has 3 heterocycles. The lowest BCUT2D eigenvalue weighted by Crippen LogP contribution is -2.35. The van der Waals surface area contributed by atoms with E-state index >= 15 is 0 Å². The zero-order valence-electron chi connectivity index (χ0n) is 15.4. The van der Waals surface area contributed by atoms with Gasteiger partial charge in [0.25, 0.3) is 11.8 Å². The van der Waals surface area contributed by atoms with Gasteiger partial charge >= 0.3 is 6.16 Å². The van der Waals surface area contributed by atoms with E-state index in [1.165, 1.54) is 29.5 Å². The van der Waals surface area contributed by atoms with Crippen molar-refractivity contribution in [2.75, 3.05) is 12.1 Å². The van der Waals surface area contributed by atoms with Crippen LogP contribution in [0.25, 0.3) is 17.4 Å². The number of furan rings is 1. The highest BCUT2D eigenvalue weighted by atomic mass is 127. The van der Waals surface area contributed by atoms with Crippen LogP contribution in [0.3, 0.4) is 0 Å². The van der Waals surface area contributed by atoms with Gasteiger partial charge in [-0.3, -0.25) is 15.0 Å². The predicted octanol–water partition coefficient (Wildman–Crippen LogP) is 4.22. The quantitative estimate of drug-likeness (QED) is 0.232. The number of hydrogen-bond donors (Lipinski definition) is 1. The van der Waals surface area contributed by atoms with Crippen LogP contribution in [-0.2, 0) is 14.3 Å². The van der Waals surface area contributed by atoms with Crippen LogP contribution >= 0.6 is 33.9 Å². The third-order valence-corrected chi connectivity index (χ3v) is 5.64. The van der Waals surface area contributed by atoms with Crippen molar-refractivity contribution in [2.24, 2.45) is 0 Å². The number of amides is 2. The summed E-state index contributed by atoms with van der Waals surface area (Å²) < 4.78 is 16.4. The van der Waals surface area contributed by atoms with E-state index in [9.17, 15) is 14.4 Å². The number of benzene rings is 1. The highest BCUT2D eigenvalue weighted by Crippen LogP contribution is 2.37. The van der Waals surface area contributed by atoms with Crippen molar-refractivity contribution in [2.45, 2.75) is 0 Å². The Morgan fingerprint density at radius 2 is 1.93 bits per heavy atom. The maximum atomic E-state index is 12.7. The van der Waals surface area contributed by atoms with E-state index < -0.39 is 18.0 Å². The van der Waals surface area contributed by atoms with E-state index in [1.54, 1.807) is 35.7 Å². The second-order valence-electron chi connectivity index (χ2n) is 6.00. The van der Waals surface area contributed by atoms with E-state index in [-0.39, 0.29) is 5.57 Å². The highest BCUT2D eigenvalue weighted by molar-refractivity contribution is 14.1. The molecular weight excluding hydrogens is 523 g/mol. The van der Waals surface area contributed by atoms with Crippen LogP contribution < -0.4 is 15.2 Å². The van der Waals surface area contributed by atoms with Crippen molar-refractivity contribution in [3.05, 3.63) is 62.7 Å². The third-order valence-electron chi connectivity index (χ3n) is 4.13. The molecular formula is C20H13IN2O6S. The summed E-state index contributed by atoms with van der Waals surface area (Å²) in [6.45, 7) is 0. The molecule has 0 saturated carbocycles. The fourth-order valence-electron chi connectivity index (χ4n) is 2.72. The van der Waals surface area contributed by atoms with Gasteiger partial charge in [0.1, 0.15) is 17.1 Å².